The first-order valence-electron chi connectivity index (χ1n) is 10.9. The molecule has 0 saturated carbocycles. The van der Waals surface area contributed by atoms with E-state index < -0.39 is 30.5 Å². The lowest BCUT2D eigenvalue weighted by Gasteiger charge is -2.30. The second-order valence-corrected chi connectivity index (χ2v) is 8.00. The molecule has 15 heteroatoms. The summed E-state index contributed by atoms with van der Waals surface area (Å²) in [6, 6.07) is 9.04. The van der Waals surface area contributed by atoms with Crippen molar-refractivity contribution in [3.63, 3.8) is 0 Å². The molecule has 10 nitrogen and oxygen atoms in total. The van der Waals surface area contributed by atoms with Gasteiger partial charge in [0.1, 0.15) is 12.1 Å². The highest BCUT2D eigenvalue weighted by Crippen LogP contribution is 2.36. The Bertz CT molecular complexity index is 1440. The van der Waals surface area contributed by atoms with Crippen molar-refractivity contribution in [2.75, 3.05) is 11.4 Å². The number of rotatable bonds is 5. The number of hydrogen-bond acceptors (Lipinski definition) is 6. The third-order valence-electron chi connectivity index (χ3n) is 5.47. The number of fused-ring (bicyclic) bond motifs is 1. The number of halogens is 5. The molecule has 2 aromatic heterocycles. The number of nitrogens with two attached hydrogens (primary N) is 1. The van der Waals surface area contributed by atoms with E-state index in [1.807, 2.05) is 25.1 Å². The number of amides is 1. The van der Waals surface area contributed by atoms with Crippen LogP contribution in [0.25, 0.3) is 5.69 Å². The standard InChI is InChI=1S/C21H20F2N6O2.C2HF3O2/c1-13-3-2-4-14-5-6-18(30)29(19(13)14)17-9-16(7-8-25-17)27-12-26-28(21(27)31)11-15(10-24)20(22)23;3-2(4,5)1(6)7/h2-4,7-9,12H,5-6,10-11,24H2,1H3;(H,6,7). The van der Waals surface area contributed by atoms with E-state index >= 15 is 0 Å². The maximum absolute atomic E-state index is 12.9. The van der Waals surface area contributed by atoms with Crippen molar-refractivity contribution < 1.29 is 36.6 Å². The molecule has 0 saturated heterocycles. The zero-order valence-electron chi connectivity index (χ0n) is 19.7. The number of aryl methyl sites for hydroxylation is 2. The van der Waals surface area contributed by atoms with E-state index in [1.54, 1.807) is 17.0 Å². The van der Waals surface area contributed by atoms with E-state index in [2.05, 4.69) is 10.1 Å². The van der Waals surface area contributed by atoms with Crippen molar-refractivity contribution in [1.29, 1.82) is 0 Å². The molecular formula is C23H21F5N6O4. The number of benzene rings is 1. The number of alkyl halides is 3. The van der Waals surface area contributed by atoms with Gasteiger partial charge in [-0.25, -0.2) is 23.8 Å². The first-order valence-corrected chi connectivity index (χ1v) is 10.9. The maximum atomic E-state index is 12.9. The summed E-state index contributed by atoms with van der Waals surface area (Å²) in [5.74, 6) is -2.48. The van der Waals surface area contributed by atoms with Crippen molar-refractivity contribution in [1.82, 2.24) is 19.3 Å². The molecule has 0 fully saturated rings. The average molecular weight is 540 g/mol. The smallest absolute Gasteiger partial charge is 0.475 e. The van der Waals surface area contributed by atoms with Crippen LogP contribution in [0, 0.1) is 6.92 Å². The summed E-state index contributed by atoms with van der Waals surface area (Å²) in [4.78, 5) is 40.3. The van der Waals surface area contributed by atoms with Crippen molar-refractivity contribution in [3.8, 4) is 5.69 Å². The molecule has 202 valence electrons. The molecule has 0 unspecified atom stereocenters. The zero-order valence-corrected chi connectivity index (χ0v) is 19.7. The van der Waals surface area contributed by atoms with Crippen LogP contribution in [0.1, 0.15) is 17.5 Å². The first-order chi connectivity index (χ1) is 17.8. The first kappa shape index (κ1) is 28.2. The van der Waals surface area contributed by atoms with Crippen molar-refractivity contribution in [2.45, 2.75) is 32.5 Å². The van der Waals surface area contributed by atoms with Crippen LogP contribution in [0.15, 0.2) is 59.3 Å². The number of hydrogen-bond donors (Lipinski definition) is 2. The SMILES string of the molecule is Cc1cccc2c1N(c1cc(-n3cnn(CC(CN)=C(F)F)c3=O)ccn1)C(=O)CC2.O=C(O)C(F)(F)F. The molecule has 1 aromatic carbocycles. The molecule has 1 amide bonds. The molecule has 1 aliphatic heterocycles. The minimum atomic E-state index is -5.08. The van der Waals surface area contributed by atoms with Gasteiger partial charge in [0.2, 0.25) is 5.91 Å². The summed E-state index contributed by atoms with van der Waals surface area (Å²) in [5, 5.41) is 11.0. The topological polar surface area (TPSA) is 136 Å². The Hall–Kier alpha value is -4.40. The van der Waals surface area contributed by atoms with Gasteiger partial charge in [-0.3, -0.25) is 9.69 Å². The number of para-hydroxylation sites is 1. The Kier molecular flexibility index (Phi) is 8.40. The van der Waals surface area contributed by atoms with Gasteiger partial charge in [0.15, 0.2) is 0 Å². The van der Waals surface area contributed by atoms with Crippen LogP contribution in [-0.4, -0.2) is 49.0 Å². The Morgan fingerprint density at radius 1 is 1.16 bits per heavy atom. The van der Waals surface area contributed by atoms with Crippen LogP contribution in [0.2, 0.25) is 0 Å². The molecule has 4 rings (SSSR count). The molecule has 3 N–H and O–H groups in total. The normalized spacial score (nSPS) is 12.9. The van der Waals surface area contributed by atoms with E-state index in [4.69, 9.17) is 15.6 Å². The summed E-state index contributed by atoms with van der Waals surface area (Å²) in [7, 11) is 0. The van der Waals surface area contributed by atoms with Gasteiger partial charge in [-0.2, -0.15) is 27.1 Å². The molecule has 0 aliphatic carbocycles. The lowest BCUT2D eigenvalue weighted by Crippen LogP contribution is -2.32. The van der Waals surface area contributed by atoms with Crippen LogP contribution in [-0.2, 0) is 22.6 Å². The van der Waals surface area contributed by atoms with Crippen molar-refractivity contribution >= 4 is 23.4 Å². The molecule has 0 atom stereocenters. The predicted molar refractivity (Wildman–Crippen MR) is 124 cm³/mol. The van der Waals surface area contributed by atoms with Crippen molar-refractivity contribution in [3.05, 3.63) is 76.1 Å². The summed E-state index contributed by atoms with van der Waals surface area (Å²) in [6.45, 7) is 1.14. The fourth-order valence-corrected chi connectivity index (χ4v) is 3.65. The van der Waals surface area contributed by atoms with Gasteiger partial charge in [0.05, 0.1) is 17.9 Å². The molecule has 3 aromatic rings. The van der Waals surface area contributed by atoms with E-state index in [1.165, 1.54) is 17.1 Å². The van der Waals surface area contributed by atoms with E-state index in [0.717, 1.165) is 21.5 Å². The number of carboxylic acids is 1. The predicted octanol–water partition coefficient (Wildman–Crippen LogP) is 3.09. The van der Waals surface area contributed by atoms with Gasteiger partial charge in [-0.05, 0) is 30.5 Å². The second kappa shape index (κ2) is 11.3. The van der Waals surface area contributed by atoms with Crippen LogP contribution in [0.5, 0.6) is 0 Å². The molecule has 0 spiro atoms. The van der Waals surface area contributed by atoms with Gasteiger partial charge in [0.25, 0.3) is 6.08 Å². The third kappa shape index (κ3) is 6.11. The Labute approximate surface area is 211 Å². The van der Waals surface area contributed by atoms with Gasteiger partial charge < -0.3 is 10.8 Å². The van der Waals surface area contributed by atoms with Crippen LogP contribution in [0.4, 0.5) is 33.5 Å². The molecule has 1 aliphatic rings. The third-order valence-corrected chi connectivity index (χ3v) is 5.47. The van der Waals surface area contributed by atoms with Crippen molar-refractivity contribution in [2.24, 2.45) is 5.73 Å². The lowest BCUT2D eigenvalue weighted by atomic mass is 9.98. The monoisotopic (exact) mass is 540 g/mol. The minimum Gasteiger partial charge on any atom is -0.475 e. The number of carbonyl (C=O) groups excluding carboxylic acids is 1. The number of carbonyl (C=O) groups is 2. The largest absolute Gasteiger partial charge is 0.490 e. The Morgan fingerprint density at radius 3 is 2.45 bits per heavy atom. The summed E-state index contributed by atoms with van der Waals surface area (Å²) < 4.78 is 59.7. The van der Waals surface area contributed by atoms with Gasteiger partial charge in [-0.1, -0.05) is 18.2 Å². The number of aromatic nitrogens is 4. The van der Waals surface area contributed by atoms with Crippen LogP contribution < -0.4 is 16.3 Å². The summed E-state index contributed by atoms with van der Waals surface area (Å²) >= 11 is 0. The fourth-order valence-electron chi connectivity index (χ4n) is 3.65. The minimum absolute atomic E-state index is 0.0920. The summed E-state index contributed by atoms with van der Waals surface area (Å²) in [6.07, 6.45) is -3.28. The number of aliphatic carboxylic acids is 1. The van der Waals surface area contributed by atoms with Gasteiger partial charge in [0, 0.05) is 30.8 Å². The van der Waals surface area contributed by atoms with Gasteiger partial charge in [-0.15, -0.1) is 0 Å². The maximum Gasteiger partial charge on any atom is 0.490 e. The number of anilines is 2. The number of carboxylic acid groups (broad SMARTS) is 1. The Balaban J connectivity index is 0.000000505. The summed E-state index contributed by atoms with van der Waals surface area (Å²) in [5.41, 5.74) is 7.54. The molecule has 3 heterocycles. The second-order valence-electron chi connectivity index (χ2n) is 8.00. The quantitative estimate of drug-likeness (QED) is 0.475. The van der Waals surface area contributed by atoms with Gasteiger partial charge >= 0.3 is 17.8 Å². The van der Waals surface area contributed by atoms with Crippen LogP contribution in [0.3, 0.4) is 0 Å². The molecular weight excluding hydrogens is 519 g/mol. The highest BCUT2D eigenvalue weighted by molar-refractivity contribution is 6.03. The fraction of sp³-hybridized carbons (Fsp3) is 0.261. The average Bonchev–Trinajstić information content (AvgIpc) is 3.22. The van der Waals surface area contributed by atoms with E-state index in [-0.39, 0.29) is 18.0 Å². The van der Waals surface area contributed by atoms with E-state index in [9.17, 15) is 31.5 Å². The number of pyridine rings is 1. The van der Waals surface area contributed by atoms with Crippen LogP contribution >= 0.6 is 0 Å². The highest BCUT2D eigenvalue weighted by Gasteiger charge is 2.38. The number of nitrogens with zero attached hydrogens (tertiary/aromatic N) is 5. The molecule has 0 radical (unpaired) electrons. The Morgan fingerprint density at radius 2 is 1.84 bits per heavy atom. The lowest BCUT2D eigenvalue weighted by molar-refractivity contribution is -0.192. The highest BCUT2D eigenvalue weighted by atomic mass is 19.4. The zero-order chi connectivity index (χ0) is 28.2. The van der Waals surface area contributed by atoms with E-state index in [0.29, 0.717) is 24.3 Å². The molecule has 38 heavy (non-hydrogen) atoms. The molecule has 0 bridgehead atoms.